The van der Waals surface area contributed by atoms with Crippen molar-refractivity contribution in [2.45, 2.75) is 59.5 Å². The lowest BCUT2D eigenvalue weighted by Gasteiger charge is -2.31. The second-order valence-electron chi connectivity index (χ2n) is 6.97. The van der Waals surface area contributed by atoms with Crippen molar-refractivity contribution in [3.05, 3.63) is 0 Å². The van der Waals surface area contributed by atoms with Crippen LogP contribution in [0.1, 0.15) is 53.9 Å². The maximum Gasteiger partial charge on any atom is 0.254 e. The number of likely N-dealkylation sites (N-methyl/N-ethyl adjacent to an activating group) is 1. The molecule has 4 heteroatoms. The Balaban J connectivity index is 2.63. The number of rotatable bonds is 4. The lowest BCUT2D eigenvalue weighted by Crippen LogP contribution is -2.47. The molecule has 21 heavy (non-hydrogen) atoms. The summed E-state index contributed by atoms with van der Waals surface area (Å²) >= 11 is 0. The number of carbonyl (C=O) groups is 1. The maximum absolute atomic E-state index is 12.5. The van der Waals surface area contributed by atoms with Gasteiger partial charge in [0.1, 0.15) is 5.60 Å². The van der Waals surface area contributed by atoms with Gasteiger partial charge in [0, 0.05) is 19.6 Å². The van der Waals surface area contributed by atoms with Crippen molar-refractivity contribution in [3.8, 4) is 0 Å². The van der Waals surface area contributed by atoms with Gasteiger partial charge in [0.2, 0.25) is 0 Å². The van der Waals surface area contributed by atoms with E-state index in [0.717, 1.165) is 51.5 Å². The van der Waals surface area contributed by atoms with E-state index in [9.17, 15) is 4.79 Å². The molecule has 1 saturated heterocycles. The lowest BCUT2D eigenvalue weighted by molar-refractivity contribution is -0.154. The van der Waals surface area contributed by atoms with Crippen LogP contribution in [0.5, 0.6) is 0 Å². The fourth-order valence-corrected chi connectivity index (χ4v) is 2.69. The number of hydrogen-bond donors (Lipinski definition) is 0. The number of nitrogens with zero attached hydrogens (tertiary/aromatic N) is 2. The van der Waals surface area contributed by atoms with Gasteiger partial charge < -0.3 is 14.5 Å². The van der Waals surface area contributed by atoms with E-state index in [0.29, 0.717) is 6.61 Å². The molecule has 0 aromatic heterocycles. The third-order valence-electron chi connectivity index (χ3n) is 4.23. The molecule has 0 saturated carbocycles. The Morgan fingerprint density at radius 1 is 1.19 bits per heavy atom. The first kappa shape index (κ1) is 18.4. The molecule has 0 radical (unpaired) electrons. The Morgan fingerprint density at radius 3 is 2.48 bits per heavy atom. The van der Waals surface area contributed by atoms with Crippen LogP contribution >= 0.6 is 0 Å². The predicted molar refractivity (Wildman–Crippen MR) is 87.4 cm³/mol. The van der Waals surface area contributed by atoms with Gasteiger partial charge >= 0.3 is 0 Å². The topological polar surface area (TPSA) is 32.8 Å². The molecule has 0 aliphatic carbocycles. The third-order valence-corrected chi connectivity index (χ3v) is 4.23. The Labute approximate surface area is 130 Å². The van der Waals surface area contributed by atoms with Crippen LogP contribution in [0.3, 0.4) is 0 Å². The zero-order chi connectivity index (χ0) is 15.9. The highest BCUT2D eigenvalue weighted by atomic mass is 16.5. The van der Waals surface area contributed by atoms with E-state index in [1.54, 1.807) is 0 Å². The molecule has 0 aromatic rings. The van der Waals surface area contributed by atoms with Gasteiger partial charge in [-0.3, -0.25) is 4.79 Å². The monoisotopic (exact) mass is 298 g/mol. The van der Waals surface area contributed by atoms with Gasteiger partial charge in [-0.2, -0.15) is 0 Å². The molecule has 1 amide bonds. The molecule has 124 valence electrons. The number of amides is 1. The van der Waals surface area contributed by atoms with Crippen molar-refractivity contribution in [3.63, 3.8) is 0 Å². The minimum absolute atomic E-state index is 0.126. The largest absolute Gasteiger partial charge is 0.364 e. The smallest absolute Gasteiger partial charge is 0.254 e. The summed E-state index contributed by atoms with van der Waals surface area (Å²) in [5.74, 6) is 0.860. The Kier molecular flexibility index (Phi) is 7.67. The first-order valence-corrected chi connectivity index (χ1v) is 8.52. The molecule has 1 heterocycles. The lowest BCUT2D eigenvalue weighted by atomic mass is 10.1. The molecule has 0 spiro atoms. The molecule has 0 N–H and O–H groups in total. The summed E-state index contributed by atoms with van der Waals surface area (Å²) in [5, 5.41) is 0. The van der Waals surface area contributed by atoms with Gasteiger partial charge in [-0.25, -0.2) is 0 Å². The van der Waals surface area contributed by atoms with Crippen LogP contribution in [0.4, 0.5) is 0 Å². The summed E-state index contributed by atoms with van der Waals surface area (Å²) in [6, 6.07) is 0. The van der Waals surface area contributed by atoms with Crippen LogP contribution in [0.15, 0.2) is 0 Å². The van der Waals surface area contributed by atoms with Crippen LogP contribution in [0.2, 0.25) is 0 Å². The second-order valence-corrected chi connectivity index (χ2v) is 6.97. The van der Waals surface area contributed by atoms with Gasteiger partial charge in [-0.15, -0.1) is 0 Å². The highest BCUT2D eigenvalue weighted by Crippen LogP contribution is 2.16. The van der Waals surface area contributed by atoms with Crippen LogP contribution < -0.4 is 0 Å². The maximum atomic E-state index is 12.5. The predicted octanol–water partition coefficient (Wildman–Crippen LogP) is 2.77. The average molecular weight is 298 g/mol. The van der Waals surface area contributed by atoms with E-state index in [2.05, 4.69) is 18.7 Å². The molecule has 0 atom stereocenters. The first-order chi connectivity index (χ1) is 9.86. The standard InChI is InChI=1S/C17H34N2O2/c1-6-19-11-8-7-10-18(12-9-15(2)3)13-14-21-17(4,5)16(19)20/h15H,6-14H2,1-5H3. The number of carbonyl (C=O) groups excluding carboxylic acids is 1. The van der Waals surface area contributed by atoms with Gasteiger partial charge in [-0.1, -0.05) is 13.8 Å². The number of ether oxygens (including phenoxy) is 1. The third kappa shape index (κ3) is 6.35. The van der Waals surface area contributed by atoms with Gasteiger partial charge in [-0.05, 0) is 59.0 Å². The quantitative estimate of drug-likeness (QED) is 0.800. The second kappa shape index (κ2) is 8.74. The first-order valence-electron chi connectivity index (χ1n) is 8.52. The molecular weight excluding hydrogens is 264 g/mol. The summed E-state index contributed by atoms with van der Waals surface area (Å²) in [6.45, 7) is 15.8. The Hall–Kier alpha value is -0.610. The molecular formula is C17H34N2O2. The van der Waals surface area contributed by atoms with Crippen LogP contribution in [-0.4, -0.2) is 60.6 Å². The van der Waals surface area contributed by atoms with Crippen molar-refractivity contribution < 1.29 is 9.53 Å². The summed E-state index contributed by atoms with van der Waals surface area (Å²) in [5.41, 5.74) is -0.704. The highest BCUT2D eigenvalue weighted by Gasteiger charge is 2.32. The molecule has 4 nitrogen and oxygen atoms in total. The van der Waals surface area contributed by atoms with Crippen LogP contribution in [-0.2, 0) is 9.53 Å². The van der Waals surface area contributed by atoms with Crippen LogP contribution in [0, 0.1) is 5.92 Å². The van der Waals surface area contributed by atoms with Crippen molar-refractivity contribution in [2.75, 3.05) is 39.3 Å². The average Bonchev–Trinajstić information content (AvgIpc) is 2.44. The van der Waals surface area contributed by atoms with E-state index in [-0.39, 0.29) is 5.91 Å². The SMILES string of the molecule is CCN1CCCCN(CCC(C)C)CCOC(C)(C)C1=O. The van der Waals surface area contributed by atoms with E-state index < -0.39 is 5.60 Å². The van der Waals surface area contributed by atoms with E-state index in [1.807, 2.05) is 25.7 Å². The molecule has 1 fully saturated rings. The van der Waals surface area contributed by atoms with Crippen molar-refractivity contribution in [2.24, 2.45) is 5.92 Å². The fourth-order valence-electron chi connectivity index (χ4n) is 2.69. The van der Waals surface area contributed by atoms with Crippen molar-refractivity contribution in [1.82, 2.24) is 9.80 Å². The fraction of sp³-hybridized carbons (Fsp3) is 0.941. The zero-order valence-corrected chi connectivity index (χ0v) is 14.7. The van der Waals surface area contributed by atoms with Gasteiger partial charge in [0.25, 0.3) is 5.91 Å². The number of hydrogen-bond acceptors (Lipinski definition) is 3. The van der Waals surface area contributed by atoms with E-state index >= 15 is 0 Å². The van der Waals surface area contributed by atoms with E-state index in [1.165, 1.54) is 6.42 Å². The molecule has 0 aromatic carbocycles. The summed E-state index contributed by atoms with van der Waals surface area (Å²) in [7, 11) is 0. The molecule has 1 aliphatic heterocycles. The Morgan fingerprint density at radius 2 is 1.86 bits per heavy atom. The highest BCUT2D eigenvalue weighted by molar-refractivity contribution is 5.84. The van der Waals surface area contributed by atoms with Gasteiger partial charge in [0.15, 0.2) is 0 Å². The summed E-state index contributed by atoms with van der Waals surface area (Å²) < 4.78 is 5.91. The van der Waals surface area contributed by atoms with Crippen molar-refractivity contribution in [1.29, 1.82) is 0 Å². The normalized spacial score (nSPS) is 22.4. The zero-order valence-electron chi connectivity index (χ0n) is 14.7. The Bertz CT molecular complexity index is 316. The summed E-state index contributed by atoms with van der Waals surface area (Å²) in [4.78, 5) is 16.9. The molecule has 0 unspecified atom stereocenters. The molecule has 0 bridgehead atoms. The minimum Gasteiger partial charge on any atom is -0.364 e. The van der Waals surface area contributed by atoms with E-state index in [4.69, 9.17) is 4.74 Å². The van der Waals surface area contributed by atoms with Crippen molar-refractivity contribution >= 4 is 5.91 Å². The van der Waals surface area contributed by atoms with Gasteiger partial charge in [0.05, 0.1) is 6.61 Å². The molecule has 1 rings (SSSR count). The summed E-state index contributed by atoms with van der Waals surface area (Å²) in [6.07, 6.45) is 3.46. The molecule has 1 aliphatic rings. The van der Waals surface area contributed by atoms with Crippen LogP contribution in [0.25, 0.3) is 0 Å². The minimum atomic E-state index is -0.704.